The molecule has 2 nitrogen and oxygen atoms in total. The number of phenols is 1. The summed E-state index contributed by atoms with van der Waals surface area (Å²) in [4.78, 5) is 0. The topological polar surface area (TPSA) is 32.3 Å². The van der Waals surface area contributed by atoms with Gasteiger partial charge in [-0.3, -0.25) is 0 Å². The van der Waals surface area contributed by atoms with Crippen LogP contribution >= 0.6 is 0 Å². The van der Waals surface area contributed by atoms with Crippen molar-refractivity contribution in [3.63, 3.8) is 0 Å². The third kappa shape index (κ3) is 3.02. The summed E-state index contributed by atoms with van der Waals surface area (Å²) in [6, 6.07) is 6.96. The molecule has 2 aromatic rings. The van der Waals surface area contributed by atoms with E-state index in [0.29, 0.717) is 5.56 Å². The zero-order valence-corrected chi connectivity index (χ0v) is 10.8. The first-order chi connectivity index (χ1) is 8.97. The van der Waals surface area contributed by atoms with E-state index in [1.165, 1.54) is 12.1 Å². The van der Waals surface area contributed by atoms with E-state index < -0.39 is 11.6 Å². The molecule has 0 heterocycles. The molecule has 0 bridgehead atoms. The SMILES string of the molecule is Cc1cc(NCc2ccc(F)cc2F)c(C)cc1O. The first-order valence-electron chi connectivity index (χ1n) is 5.95. The van der Waals surface area contributed by atoms with Gasteiger partial charge in [0.2, 0.25) is 0 Å². The molecule has 0 fully saturated rings. The highest BCUT2D eigenvalue weighted by molar-refractivity contribution is 5.56. The number of hydrogen-bond donors (Lipinski definition) is 2. The van der Waals surface area contributed by atoms with Gasteiger partial charge in [-0.2, -0.15) is 0 Å². The van der Waals surface area contributed by atoms with E-state index >= 15 is 0 Å². The molecule has 0 saturated heterocycles. The van der Waals surface area contributed by atoms with E-state index in [1.54, 1.807) is 19.1 Å². The second kappa shape index (κ2) is 5.26. The number of aryl methyl sites for hydroxylation is 2. The molecule has 2 rings (SSSR count). The van der Waals surface area contributed by atoms with Gasteiger partial charge in [0.25, 0.3) is 0 Å². The van der Waals surface area contributed by atoms with Crippen LogP contribution in [-0.4, -0.2) is 5.11 Å². The van der Waals surface area contributed by atoms with E-state index in [0.717, 1.165) is 22.9 Å². The van der Waals surface area contributed by atoms with Gasteiger partial charge in [-0.05, 0) is 43.2 Å². The van der Waals surface area contributed by atoms with E-state index in [2.05, 4.69) is 5.32 Å². The van der Waals surface area contributed by atoms with Gasteiger partial charge in [-0.15, -0.1) is 0 Å². The van der Waals surface area contributed by atoms with Crippen LogP contribution in [0.15, 0.2) is 30.3 Å². The number of phenolic OH excluding ortho intramolecular Hbond substituents is 1. The highest BCUT2D eigenvalue weighted by Crippen LogP contribution is 2.25. The van der Waals surface area contributed by atoms with Crippen molar-refractivity contribution in [2.45, 2.75) is 20.4 Å². The third-order valence-corrected chi connectivity index (χ3v) is 3.03. The molecule has 0 aliphatic heterocycles. The molecular weight excluding hydrogens is 248 g/mol. The van der Waals surface area contributed by atoms with Gasteiger partial charge in [-0.25, -0.2) is 8.78 Å². The Labute approximate surface area is 110 Å². The lowest BCUT2D eigenvalue weighted by molar-refractivity contribution is 0.471. The maximum atomic E-state index is 13.5. The molecule has 0 spiro atoms. The molecule has 2 N–H and O–H groups in total. The molecule has 0 amide bonds. The zero-order valence-electron chi connectivity index (χ0n) is 10.8. The van der Waals surface area contributed by atoms with Crippen molar-refractivity contribution in [3.05, 3.63) is 58.7 Å². The van der Waals surface area contributed by atoms with Gasteiger partial charge in [0.15, 0.2) is 0 Å². The first-order valence-corrected chi connectivity index (χ1v) is 5.95. The van der Waals surface area contributed by atoms with Crippen LogP contribution < -0.4 is 5.32 Å². The van der Waals surface area contributed by atoms with Crippen LogP contribution in [0.3, 0.4) is 0 Å². The predicted octanol–water partition coefficient (Wildman–Crippen LogP) is 3.90. The molecular formula is C15H15F2NO. The monoisotopic (exact) mass is 263 g/mol. The van der Waals surface area contributed by atoms with Crippen LogP contribution in [0, 0.1) is 25.5 Å². The summed E-state index contributed by atoms with van der Waals surface area (Å²) in [5.74, 6) is -0.922. The Morgan fingerprint density at radius 3 is 2.47 bits per heavy atom. The summed E-state index contributed by atoms with van der Waals surface area (Å²) in [5, 5.41) is 12.6. The van der Waals surface area contributed by atoms with E-state index in [4.69, 9.17) is 0 Å². The van der Waals surface area contributed by atoms with Gasteiger partial charge < -0.3 is 10.4 Å². The zero-order chi connectivity index (χ0) is 14.0. The minimum atomic E-state index is -0.585. The van der Waals surface area contributed by atoms with Crippen LogP contribution in [0.5, 0.6) is 5.75 Å². The molecule has 0 aliphatic carbocycles. The lowest BCUT2D eigenvalue weighted by Crippen LogP contribution is -2.03. The first kappa shape index (κ1) is 13.3. The maximum Gasteiger partial charge on any atom is 0.131 e. The average molecular weight is 263 g/mol. The van der Waals surface area contributed by atoms with E-state index in [9.17, 15) is 13.9 Å². The van der Waals surface area contributed by atoms with Gasteiger partial charge in [0.1, 0.15) is 17.4 Å². The molecule has 0 saturated carbocycles. The average Bonchev–Trinajstić information content (AvgIpc) is 2.34. The molecule has 0 aromatic heterocycles. The Kier molecular flexibility index (Phi) is 3.69. The van der Waals surface area contributed by atoms with Crippen molar-refractivity contribution < 1.29 is 13.9 Å². The number of halogens is 2. The predicted molar refractivity (Wildman–Crippen MR) is 71.3 cm³/mol. The lowest BCUT2D eigenvalue weighted by Gasteiger charge is -2.12. The van der Waals surface area contributed by atoms with Crippen LogP contribution in [0.2, 0.25) is 0 Å². The van der Waals surface area contributed by atoms with Gasteiger partial charge in [0.05, 0.1) is 0 Å². The molecule has 0 radical (unpaired) electrons. The Morgan fingerprint density at radius 1 is 1.05 bits per heavy atom. The summed E-state index contributed by atoms with van der Waals surface area (Å²) >= 11 is 0. The van der Waals surface area contributed by atoms with Crippen LogP contribution in [0.1, 0.15) is 16.7 Å². The third-order valence-electron chi connectivity index (χ3n) is 3.03. The molecule has 0 atom stereocenters. The molecule has 0 unspecified atom stereocenters. The Bertz CT molecular complexity index is 611. The Morgan fingerprint density at radius 2 is 1.79 bits per heavy atom. The number of aromatic hydroxyl groups is 1. The standard InChI is InChI=1S/C15H15F2NO/c1-9-6-15(19)10(2)5-14(9)18-8-11-3-4-12(16)7-13(11)17/h3-7,18-19H,8H2,1-2H3. The number of anilines is 1. The minimum Gasteiger partial charge on any atom is -0.508 e. The summed E-state index contributed by atoms with van der Waals surface area (Å²) in [7, 11) is 0. The maximum absolute atomic E-state index is 13.5. The second-order valence-corrected chi connectivity index (χ2v) is 4.54. The van der Waals surface area contributed by atoms with Crippen molar-refractivity contribution in [2.75, 3.05) is 5.32 Å². The van der Waals surface area contributed by atoms with E-state index in [-0.39, 0.29) is 12.3 Å². The molecule has 4 heteroatoms. The van der Waals surface area contributed by atoms with Gasteiger partial charge in [-0.1, -0.05) is 6.07 Å². The smallest absolute Gasteiger partial charge is 0.131 e. The lowest BCUT2D eigenvalue weighted by atomic mass is 10.1. The van der Waals surface area contributed by atoms with Crippen LogP contribution in [-0.2, 0) is 6.54 Å². The molecule has 0 aliphatic rings. The number of rotatable bonds is 3. The highest BCUT2D eigenvalue weighted by Gasteiger charge is 2.06. The molecule has 19 heavy (non-hydrogen) atoms. The van der Waals surface area contributed by atoms with Gasteiger partial charge in [0, 0.05) is 23.9 Å². The fraction of sp³-hybridized carbons (Fsp3) is 0.200. The van der Waals surface area contributed by atoms with Crippen molar-refractivity contribution in [3.8, 4) is 5.75 Å². The molecule has 2 aromatic carbocycles. The molecule has 100 valence electrons. The number of nitrogens with one attached hydrogen (secondary N) is 1. The highest BCUT2D eigenvalue weighted by atomic mass is 19.1. The summed E-state index contributed by atoms with van der Waals surface area (Å²) in [6.45, 7) is 3.90. The Hall–Kier alpha value is -2.10. The summed E-state index contributed by atoms with van der Waals surface area (Å²) in [6.07, 6.45) is 0. The van der Waals surface area contributed by atoms with Crippen molar-refractivity contribution >= 4 is 5.69 Å². The van der Waals surface area contributed by atoms with Crippen molar-refractivity contribution in [1.82, 2.24) is 0 Å². The van der Waals surface area contributed by atoms with Crippen molar-refractivity contribution in [2.24, 2.45) is 0 Å². The van der Waals surface area contributed by atoms with Gasteiger partial charge >= 0.3 is 0 Å². The summed E-state index contributed by atoms with van der Waals surface area (Å²) in [5.41, 5.74) is 2.82. The van der Waals surface area contributed by atoms with Crippen LogP contribution in [0.25, 0.3) is 0 Å². The number of hydrogen-bond acceptors (Lipinski definition) is 2. The second-order valence-electron chi connectivity index (χ2n) is 4.54. The minimum absolute atomic E-state index is 0.232. The quantitative estimate of drug-likeness (QED) is 0.823. The van der Waals surface area contributed by atoms with Crippen LogP contribution in [0.4, 0.5) is 14.5 Å². The summed E-state index contributed by atoms with van der Waals surface area (Å²) < 4.78 is 26.3. The van der Waals surface area contributed by atoms with E-state index in [1.807, 2.05) is 6.92 Å². The fourth-order valence-corrected chi connectivity index (χ4v) is 1.85. The largest absolute Gasteiger partial charge is 0.508 e. The normalized spacial score (nSPS) is 10.5. The fourth-order valence-electron chi connectivity index (χ4n) is 1.85. The Balaban J connectivity index is 2.16. The van der Waals surface area contributed by atoms with Crippen molar-refractivity contribution in [1.29, 1.82) is 0 Å². The number of benzene rings is 2.